The summed E-state index contributed by atoms with van der Waals surface area (Å²) in [5.41, 5.74) is 2.25. The number of hydrogen-bond donors (Lipinski definition) is 3. The van der Waals surface area contributed by atoms with Crippen molar-refractivity contribution < 1.29 is 14.7 Å². The number of fused-ring (bicyclic) bond motifs is 1. The third kappa shape index (κ3) is 2.61. The number of rotatable bonds is 3. The zero-order valence-corrected chi connectivity index (χ0v) is 10.4. The van der Waals surface area contributed by atoms with Gasteiger partial charge in [-0.15, -0.1) is 0 Å². The Morgan fingerprint density at radius 1 is 1.50 bits per heavy atom. The molecule has 1 aromatic carbocycles. The van der Waals surface area contributed by atoms with E-state index in [0.717, 1.165) is 16.9 Å². The van der Waals surface area contributed by atoms with Gasteiger partial charge in [-0.25, -0.2) is 0 Å². The molecule has 1 unspecified atom stereocenters. The van der Waals surface area contributed by atoms with Crippen LogP contribution in [0.3, 0.4) is 0 Å². The van der Waals surface area contributed by atoms with Crippen molar-refractivity contribution in [2.24, 2.45) is 0 Å². The summed E-state index contributed by atoms with van der Waals surface area (Å²) in [5.74, 6) is -0.936. The molecule has 0 saturated heterocycles. The second-order valence-corrected chi connectivity index (χ2v) is 4.99. The molecule has 18 heavy (non-hydrogen) atoms. The van der Waals surface area contributed by atoms with Crippen molar-refractivity contribution in [3.63, 3.8) is 0 Å². The minimum absolute atomic E-state index is 0.0666. The molecule has 1 heterocycles. The largest absolute Gasteiger partial charge is 0.481 e. The molecule has 0 aromatic heterocycles. The van der Waals surface area contributed by atoms with Crippen molar-refractivity contribution in [1.82, 2.24) is 0 Å². The van der Waals surface area contributed by atoms with Crippen molar-refractivity contribution in [3.05, 3.63) is 23.8 Å². The predicted octanol–water partition coefficient (Wildman–Crippen LogP) is 1.85. The van der Waals surface area contributed by atoms with E-state index in [0.29, 0.717) is 6.42 Å². The third-order valence-corrected chi connectivity index (χ3v) is 2.98. The Labute approximate surface area is 105 Å². The van der Waals surface area contributed by atoms with Crippen LogP contribution in [-0.2, 0) is 16.0 Å². The predicted molar refractivity (Wildman–Crippen MR) is 68.7 cm³/mol. The summed E-state index contributed by atoms with van der Waals surface area (Å²) in [5, 5.41) is 14.8. The third-order valence-electron chi connectivity index (χ3n) is 2.98. The van der Waals surface area contributed by atoms with Crippen LogP contribution in [0.1, 0.15) is 25.8 Å². The minimum Gasteiger partial charge on any atom is -0.481 e. The highest BCUT2D eigenvalue weighted by Gasteiger charge is 2.34. The molecule has 96 valence electrons. The Morgan fingerprint density at radius 3 is 2.83 bits per heavy atom. The fraction of sp³-hybridized carbons (Fsp3) is 0.385. The molecule has 0 bridgehead atoms. The quantitative estimate of drug-likeness (QED) is 0.762. The van der Waals surface area contributed by atoms with Gasteiger partial charge >= 0.3 is 5.97 Å². The molecule has 0 aliphatic carbocycles. The Balaban J connectivity index is 2.19. The van der Waals surface area contributed by atoms with E-state index in [9.17, 15) is 9.59 Å². The Hall–Kier alpha value is -2.04. The summed E-state index contributed by atoms with van der Waals surface area (Å²) in [6.45, 7) is 3.35. The van der Waals surface area contributed by atoms with Crippen LogP contribution in [0.15, 0.2) is 18.2 Å². The van der Waals surface area contributed by atoms with E-state index < -0.39 is 11.5 Å². The number of carbonyl (C=O) groups excluding carboxylic acids is 1. The van der Waals surface area contributed by atoms with Crippen molar-refractivity contribution in [3.8, 4) is 0 Å². The lowest BCUT2D eigenvalue weighted by molar-refractivity contribution is -0.138. The van der Waals surface area contributed by atoms with Crippen LogP contribution in [-0.4, -0.2) is 22.5 Å². The number of carboxylic acids is 1. The van der Waals surface area contributed by atoms with Crippen molar-refractivity contribution in [2.45, 2.75) is 32.2 Å². The lowest BCUT2D eigenvalue weighted by Gasteiger charge is -2.22. The molecule has 1 aliphatic heterocycles. The molecule has 0 fully saturated rings. The van der Waals surface area contributed by atoms with Gasteiger partial charge < -0.3 is 15.7 Å². The first-order chi connectivity index (χ1) is 8.38. The van der Waals surface area contributed by atoms with E-state index in [1.807, 2.05) is 19.1 Å². The number of anilines is 2. The van der Waals surface area contributed by atoms with Gasteiger partial charge in [0, 0.05) is 23.8 Å². The van der Waals surface area contributed by atoms with Crippen molar-refractivity contribution in [1.29, 1.82) is 0 Å². The first-order valence-electron chi connectivity index (χ1n) is 5.78. The zero-order valence-electron chi connectivity index (χ0n) is 10.4. The molecular formula is C13H16N2O3. The van der Waals surface area contributed by atoms with Crippen LogP contribution < -0.4 is 10.6 Å². The molecule has 1 aliphatic rings. The first-order valence-corrected chi connectivity index (χ1v) is 5.78. The first kappa shape index (κ1) is 12.4. The van der Waals surface area contributed by atoms with E-state index >= 15 is 0 Å². The number of aliphatic carboxylic acids is 1. The maximum absolute atomic E-state index is 11.0. The van der Waals surface area contributed by atoms with Gasteiger partial charge in [-0.3, -0.25) is 9.59 Å². The van der Waals surface area contributed by atoms with Crippen LogP contribution in [0, 0.1) is 0 Å². The van der Waals surface area contributed by atoms with Gasteiger partial charge in [-0.1, -0.05) is 0 Å². The van der Waals surface area contributed by atoms with Gasteiger partial charge in [0.05, 0.1) is 6.42 Å². The maximum Gasteiger partial charge on any atom is 0.305 e. The van der Waals surface area contributed by atoms with Crippen LogP contribution in [0.4, 0.5) is 11.4 Å². The number of carbonyl (C=O) groups is 2. The monoisotopic (exact) mass is 248 g/mol. The molecule has 0 spiro atoms. The molecule has 0 radical (unpaired) electrons. The Kier molecular flexibility index (Phi) is 2.98. The zero-order chi connectivity index (χ0) is 13.3. The normalized spacial score (nSPS) is 21.0. The lowest BCUT2D eigenvalue weighted by Crippen LogP contribution is -2.34. The average molecular weight is 248 g/mol. The number of nitrogens with one attached hydrogen (secondary N) is 2. The number of carboxylic acid groups (broad SMARTS) is 1. The highest BCUT2D eigenvalue weighted by molar-refractivity contribution is 5.89. The van der Waals surface area contributed by atoms with Gasteiger partial charge in [0.2, 0.25) is 5.91 Å². The summed E-state index contributed by atoms with van der Waals surface area (Å²) >= 11 is 0. The summed E-state index contributed by atoms with van der Waals surface area (Å²) in [6.07, 6.45) is 0.708. The highest BCUT2D eigenvalue weighted by Crippen LogP contribution is 2.35. The van der Waals surface area contributed by atoms with Gasteiger partial charge in [-0.05, 0) is 37.1 Å². The molecule has 1 atom stereocenters. The smallest absolute Gasteiger partial charge is 0.305 e. The fourth-order valence-corrected chi connectivity index (χ4v) is 2.37. The van der Waals surface area contributed by atoms with E-state index in [2.05, 4.69) is 10.6 Å². The summed E-state index contributed by atoms with van der Waals surface area (Å²) < 4.78 is 0. The molecule has 1 amide bonds. The maximum atomic E-state index is 11.0. The molecular weight excluding hydrogens is 232 g/mol. The molecule has 5 heteroatoms. The Bertz CT molecular complexity index is 513. The summed E-state index contributed by atoms with van der Waals surface area (Å²) in [7, 11) is 0. The average Bonchev–Trinajstić information content (AvgIpc) is 2.50. The number of hydrogen-bond acceptors (Lipinski definition) is 3. The standard InChI is InChI=1S/C13H16N2O3/c1-8(16)14-10-3-4-11-9(5-10)6-13(2,15-11)7-12(17)18/h3-5,15H,6-7H2,1-2H3,(H,14,16)(H,17,18). The second-order valence-electron chi connectivity index (χ2n) is 4.99. The van der Waals surface area contributed by atoms with E-state index in [4.69, 9.17) is 5.11 Å². The van der Waals surface area contributed by atoms with E-state index in [1.54, 1.807) is 6.07 Å². The van der Waals surface area contributed by atoms with Gasteiger partial charge in [-0.2, -0.15) is 0 Å². The molecule has 1 aromatic rings. The second kappa shape index (κ2) is 4.33. The van der Waals surface area contributed by atoms with Crippen molar-refractivity contribution in [2.75, 3.05) is 10.6 Å². The summed E-state index contributed by atoms with van der Waals surface area (Å²) in [4.78, 5) is 21.8. The fourth-order valence-electron chi connectivity index (χ4n) is 2.37. The molecule has 3 N–H and O–H groups in total. The molecule has 0 saturated carbocycles. The SMILES string of the molecule is CC(=O)Nc1ccc2c(c1)CC(C)(CC(=O)O)N2. The van der Waals surface area contributed by atoms with Gasteiger partial charge in [0.15, 0.2) is 0 Å². The molecule has 5 nitrogen and oxygen atoms in total. The van der Waals surface area contributed by atoms with Crippen LogP contribution >= 0.6 is 0 Å². The van der Waals surface area contributed by atoms with Crippen molar-refractivity contribution >= 4 is 23.3 Å². The van der Waals surface area contributed by atoms with Crippen LogP contribution in [0.2, 0.25) is 0 Å². The number of amides is 1. The van der Waals surface area contributed by atoms with Gasteiger partial charge in [0.25, 0.3) is 0 Å². The molecule has 2 rings (SSSR count). The minimum atomic E-state index is -0.820. The topological polar surface area (TPSA) is 78.4 Å². The Morgan fingerprint density at radius 2 is 2.22 bits per heavy atom. The van der Waals surface area contributed by atoms with Crippen LogP contribution in [0.25, 0.3) is 0 Å². The summed E-state index contributed by atoms with van der Waals surface area (Å²) in [6, 6.07) is 5.56. The van der Waals surface area contributed by atoms with Crippen LogP contribution in [0.5, 0.6) is 0 Å². The number of benzene rings is 1. The van der Waals surface area contributed by atoms with E-state index in [-0.39, 0.29) is 12.3 Å². The van der Waals surface area contributed by atoms with Gasteiger partial charge in [0.1, 0.15) is 0 Å². The lowest BCUT2D eigenvalue weighted by atomic mass is 9.94. The highest BCUT2D eigenvalue weighted by atomic mass is 16.4. The van der Waals surface area contributed by atoms with E-state index in [1.165, 1.54) is 6.92 Å².